The molecule has 0 spiro atoms. The van der Waals surface area contributed by atoms with Crippen LogP contribution in [0.1, 0.15) is 52.9 Å². The van der Waals surface area contributed by atoms with Gasteiger partial charge in [-0.1, -0.05) is 27.2 Å². The topological polar surface area (TPSA) is 41.5 Å². The smallest absolute Gasteiger partial charge is 0.0700 e. The monoisotopic (exact) mass is 243 g/mol. The van der Waals surface area contributed by atoms with Crippen LogP contribution in [0.3, 0.4) is 0 Å². The van der Waals surface area contributed by atoms with Crippen molar-refractivity contribution in [2.75, 3.05) is 19.8 Å². The molecule has 3 atom stereocenters. The maximum Gasteiger partial charge on any atom is 0.0700 e. The van der Waals surface area contributed by atoms with Gasteiger partial charge in [-0.3, -0.25) is 0 Å². The molecule has 0 aromatic rings. The first-order valence-corrected chi connectivity index (χ1v) is 7.13. The van der Waals surface area contributed by atoms with Crippen LogP contribution >= 0.6 is 0 Å². The number of nitrogens with one attached hydrogen (secondary N) is 1. The van der Waals surface area contributed by atoms with Crippen LogP contribution in [0.2, 0.25) is 0 Å². The minimum Gasteiger partial charge on any atom is -0.394 e. The van der Waals surface area contributed by atoms with Crippen molar-refractivity contribution >= 4 is 0 Å². The summed E-state index contributed by atoms with van der Waals surface area (Å²) in [6.07, 6.45) is 5.87. The molecule has 1 aliphatic rings. The Morgan fingerprint density at radius 3 is 2.71 bits per heavy atom. The van der Waals surface area contributed by atoms with E-state index in [1.807, 2.05) is 0 Å². The number of hydrogen-bond donors (Lipinski definition) is 2. The van der Waals surface area contributed by atoms with Gasteiger partial charge >= 0.3 is 0 Å². The molecule has 17 heavy (non-hydrogen) atoms. The molecule has 3 heteroatoms. The van der Waals surface area contributed by atoms with Crippen molar-refractivity contribution in [1.29, 1.82) is 0 Å². The van der Waals surface area contributed by atoms with E-state index in [1.54, 1.807) is 0 Å². The molecule has 3 unspecified atom stereocenters. The molecule has 0 aliphatic carbocycles. The van der Waals surface area contributed by atoms with Crippen LogP contribution in [-0.4, -0.2) is 36.5 Å². The van der Waals surface area contributed by atoms with Gasteiger partial charge in [0, 0.05) is 18.7 Å². The maximum atomic E-state index is 9.69. The van der Waals surface area contributed by atoms with E-state index in [1.165, 1.54) is 12.8 Å². The van der Waals surface area contributed by atoms with Crippen molar-refractivity contribution in [3.05, 3.63) is 0 Å². The number of aliphatic hydroxyl groups is 1. The van der Waals surface area contributed by atoms with Gasteiger partial charge in [0.1, 0.15) is 0 Å². The summed E-state index contributed by atoms with van der Waals surface area (Å²) < 4.78 is 5.62. The quantitative estimate of drug-likeness (QED) is 0.687. The minimum atomic E-state index is -0.110. The molecule has 1 rings (SSSR count). The van der Waals surface area contributed by atoms with Crippen LogP contribution in [0.25, 0.3) is 0 Å². The molecule has 0 radical (unpaired) electrons. The molecule has 0 aromatic heterocycles. The largest absolute Gasteiger partial charge is 0.394 e. The molecule has 1 saturated heterocycles. The second-order valence-electron chi connectivity index (χ2n) is 5.53. The van der Waals surface area contributed by atoms with Gasteiger partial charge in [-0.25, -0.2) is 0 Å². The Balaban J connectivity index is 2.44. The van der Waals surface area contributed by atoms with Crippen LogP contribution in [0.5, 0.6) is 0 Å². The highest BCUT2D eigenvalue weighted by Gasteiger charge is 2.30. The van der Waals surface area contributed by atoms with Gasteiger partial charge in [-0.15, -0.1) is 0 Å². The van der Waals surface area contributed by atoms with Crippen LogP contribution in [0.15, 0.2) is 0 Å². The predicted octanol–water partition coefficient (Wildman–Crippen LogP) is 2.33. The lowest BCUT2D eigenvalue weighted by molar-refractivity contribution is 0.0782. The van der Waals surface area contributed by atoms with Crippen molar-refractivity contribution in [2.45, 2.75) is 64.5 Å². The highest BCUT2D eigenvalue weighted by molar-refractivity contribution is 4.89. The molecule has 0 bridgehead atoms. The van der Waals surface area contributed by atoms with Gasteiger partial charge in [0.15, 0.2) is 0 Å². The summed E-state index contributed by atoms with van der Waals surface area (Å²) in [6, 6.07) is 0. The summed E-state index contributed by atoms with van der Waals surface area (Å²) >= 11 is 0. The van der Waals surface area contributed by atoms with Crippen molar-refractivity contribution < 1.29 is 9.84 Å². The summed E-state index contributed by atoms with van der Waals surface area (Å²) in [6.45, 7) is 8.62. The molecule has 0 saturated carbocycles. The standard InChI is InChI=1S/C14H29NO2/c1-4-12(3)9-14(5-2,11-16)15-10-13-7-6-8-17-13/h12-13,15-16H,4-11H2,1-3H3. The molecular formula is C14H29NO2. The minimum absolute atomic E-state index is 0.110. The molecule has 0 amide bonds. The fraction of sp³-hybridized carbons (Fsp3) is 1.00. The molecule has 3 nitrogen and oxygen atoms in total. The Labute approximate surface area is 106 Å². The third-order valence-corrected chi connectivity index (χ3v) is 4.14. The lowest BCUT2D eigenvalue weighted by atomic mass is 9.85. The van der Waals surface area contributed by atoms with Crippen molar-refractivity contribution in [1.82, 2.24) is 5.32 Å². The summed E-state index contributed by atoms with van der Waals surface area (Å²) in [5.41, 5.74) is -0.110. The van der Waals surface area contributed by atoms with Gasteiger partial charge in [0.25, 0.3) is 0 Å². The zero-order valence-electron chi connectivity index (χ0n) is 11.7. The van der Waals surface area contributed by atoms with Crippen molar-refractivity contribution in [3.8, 4) is 0 Å². The van der Waals surface area contributed by atoms with E-state index in [2.05, 4.69) is 26.1 Å². The van der Waals surface area contributed by atoms with Gasteiger partial charge < -0.3 is 15.2 Å². The third-order valence-electron chi connectivity index (χ3n) is 4.14. The SMILES string of the molecule is CCC(C)CC(CC)(CO)NCC1CCCO1. The second-order valence-corrected chi connectivity index (χ2v) is 5.53. The van der Waals surface area contributed by atoms with Gasteiger partial charge in [0.2, 0.25) is 0 Å². The van der Waals surface area contributed by atoms with E-state index in [0.717, 1.165) is 32.4 Å². The summed E-state index contributed by atoms with van der Waals surface area (Å²) in [5, 5.41) is 13.3. The molecular weight excluding hydrogens is 214 g/mol. The second kappa shape index (κ2) is 7.34. The van der Waals surface area contributed by atoms with E-state index < -0.39 is 0 Å². The number of rotatable bonds is 8. The van der Waals surface area contributed by atoms with Gasteiger partial charge in [-0.2, -0.15) is 0 Å². The lowest BCUT2D eigenvalue weighted by Gasteiger charge is -2.35. The molecule has 1 fully saturated rings. The van der Waals surface area contributed by atoms with Gasteiger partial charge in [-0.05, 0) is 31.6 Å². The molecule has 1 aliphatic heterocycles. The van der Waals surface area contributed by atoms with Gasteiger partial charge in [0.05, 0.1) is 12.7 Å². The van der Waals surface area contributed by atoms with Crippen LogP contribution in [-0.2, 0) is 4.74 Å². The van der Waals surface area contributed by atoms with E-state index >= 15 is 0 Å². The van der Waals surface area contributed by atoms with Crippen LogP contribution in [0, 0.1) is 5.92 Å². The fourth-order valence-corrected chi connectivity index (χ4v) is 2.52. The highest BCUT2D eigenvalue weighted by atomic mass is 16.5. The van der Waals surface area contributed by atoms with Crippen molar-refractivity contribution in [2.24, 2.45) is 5.92 Å². The normalized spacial score (nSPS) is 25.8. The molecule has 1 heterocycles. The van der Waals surface area contributed by atoms with Crippen LogP contribution < -0.4 is 5.32 Å². The first-order chi connectivity index (χ1) is 8.15. The molecule has 102 valence electrons. The third kappa shape index (κ3) is 4.57. The Hall–Kier alpha value is -0.120. The Bertz CT molecular complexity index is 198. The molecule has 0 aromatic carbocycles. The zero-order valence-corrected chi connectivity index (χ0v) is 11.7. The van der Waals surface area contributed by atoms with E-state index in [9.17, 15) is 5.11 Å². The predicted molar refractivity (Wildman–Crippen MR) is 71.2 cm³/mol. The van der Waals surface area contributed by atoms with Crippen molar-refractivity contribution in [3.63, 3.8) is 0 Å². The van der Waals surface area contributed by atoms with Crippen LogP contribution in [0.4, 0.5) is 0 Å². The fourth-order valence-electron chi connectivity index (χ4n) is 2.52. The van der Waals surface area contributed by atoms with E-state index in [0.29, 0.717) is 12.0 Å². The van der Waals surface area contributed by atoms with E-state index in [-0.39, 0.29) is 12.1 Å². The lowest BCUT2D eigenvalue weighted by Crippen LogP contribution is -2.51. The first-order valence-electron chi connectivity index (χ1n) is 7.13. The van der Waals surface area contributed by atoms with E-state index in [4.69, 9.17) is 4.74 Å². The number of ether oxygens (including phenoxy) is 1. The molecule has 2 N–H and O–H groups in total. The Kier molecular flexibility index (Phi) is 6.45. The number of hydrogen-bond acceptors (Lipinski definition) is 3. The zero-order chi connectivity index (χ0) is 12.7. The highest BCUT2D eigenvalue weighted by Crippen LogP contribution is 2.23. The Morgan fingerprint density at radius 2 is 2.24 bits per heavy atom. The average molecular weight is 243 g/mol. The average Bonchev–Trinajstić information content (AvgIpc) is 2.87. The maximum absolute atomic E-state index is 9.69. The summed E-state index contributed by atoms with van der Waals surface area (Å²) in [4.78, 5) is 0. The summed E-state index contributed by atoms with van der Waals surface area (Å²) in [5.74, 6) is 0.652. The summed E-state index contributed by atoms with van der Waals surface area (Å²) in [7, 11) is 0. The number of aliphatic hydroxyl groups excluding tert-OH is 1. The first kappa shape index (κ1) is 14.9. The Morgan fingerprint density at radius 1 is 1.47 bits per heavy atom.